The Morgan fingerprint density at radius 1 is 0.828 bits per heavy atom. The van der Waals surface area contributed by atoms with Crippen molar-refractivity contribution >= 4 is 17.7 Å². The van der Waals surface area contributed by atoms with Crippen LogP contribution in [-0.4, -0.2) is 35.1 Å². The third-order valence-corrected chi connectivity index (χ3v) is 5.39. The lowest BCUT2D eigenvalue weighted by molar-refractivity contribution is -0.119. The van der Waals surface area contributed by atoms with Gasteiger partial charge in [0.1, 0.15) is 0 Å². The fourth-order valence-corrected chi connectivity index (χ4v) is 3.91. The largest absolute Gasteiger partial charge is 0.465 e. The van der Waals surface area contributed by atoms with Crippen molar-refractivity contribution < 1.29 is 14.7 Å². The summed E-state index contributed by atoms with van der Waals surface area (Å²) in [5, 5.41) is 12.4. The van der Waals surface area contributed by atoms with Gasteiger partial charge in [-0.1, -0.05) is 72.8 Å². The number of carboxylic acid groups (broad SMARTS) is 1. The molecule has 29 heavy (non-hydrogen) atoms. The Labute approximate surface area is 169 Å². The summed E-state index contributed by atoms with van der Waals surface area (Å²) in [4.78, 5) is 25.9. The van der Waals surface area contributed by atoms with Crippen LogP contribution in [0.3, 0.4) is 0 Å². The van der Waals surface area contributed by atoms with E-state index in [4.69, 9.17) is 0 Å². The molecule has 0 spiro atoms. The number of anilines is 1. The summed E-state index contributed by atoms with van der Waals surface area (Å²) >= 11 is 0. The Hall–Kier alpha value is -3.60. The van der Waals surface area contributed by atoms with E-state index >= 15 is 0 Å². The van der Waals surface area contributed by atoms with Crippen molar-refractivity contribution in [2.75, 3.05) is 18.4 Å². The molecule has 0 aliphatic carbocycles. The highest BCUT2D eigenvalue weighted by Crippen LogP contribution is 2.34. The minimum absolute atomic E-state index is 0.159. The lowest BCUT2D eigenvalue weighted by Gasteiger charge is -2.18. The van der Waals surface area contributed by atoms with Crippen molar-refractivity contribution in [2.45, 2.75) is 5.92 Å². The number of carbonyl (C=O) groups excluding carboxylic acids is 1. The fraction of sp³-hybridized carbons (Fsp3) is 0.167. The number of likely N-dealkylation sites (tertiary alicyclic amines) is 1. The second-order valence-corrected chi connectivity index (χ2v) is 7.25. The first-order chi connectivity index (χ1) is 14.1. The summed E-state index contributed by atoms with van der Waals surface area (Å²) < 4.78 is 0. The van der Waals surface area contributed by atoms with E-state index in [1.54, 1.807) is 0 Å². The maximum Gasteiger partial charge on any atom is 0.407 e. The van der Waals surface area contributed by atoms with E-state index < -0.39 is 12.0 Å². The molecule has 1 heterocycles. The van der Waals surface area contributed by atoms with Gasteiger partial charge in [0.15, 0.2) is 0 Å². The molecular formula is C24H22N2O3. The minimum atomic E-state index is -0.993. The number of carbonyl (C=O) groups is 2. The molecule has 5 heteroatoms. The van der Waals surface area contributed by atoms with E-state index in [1.807, 2.05) is 84.9 Å². The quantitative estimate of drug-likeness (QED) is 0.684. The van der Waals surface area contributed by atoms with Crippen LogP contribution in [-0.2, 0) is 4.79 Å². The topological polar surface area (TPSA) is 69.6 Å². The number of rotatable bonds is 4. The van der Waals surface area contributed by atoms with Crippen LogP contribution in [0.5, 0.6) is 0 Å². The molecule has 5 nitrogen and oxygen atoms in total. The van der Waals surface area contributed by atoms with Gasteiger partial charge >= 0.3 is 6.09 Å². The Balaban J connectivity index is 1.56. The fourth-order valence-electron chi connectivity index (χ4n) is 3.91. The van der Waals surface area contributed by atoms with Gasteiger partial charge in [0, 0.05) is 24.7 Å². The maximum absolute atomic E-state index is 13.1. The van der Waals surface area contributed by atoms with Crippen molar-refractivity contribution in [3.63, 3.8) is 0 Å². The van der Waals surface area contributed by atoms with Crippen LogP contribution in [0.4, 0.5) is 10.5 Å². The van der Waals surface area contributed by atoms with Crippen LogP contribution in [0.25, 0.3) is 11.1 Å². The molecule has 3 aromatic rings. The predicted octanol–water partition coefficient (Wildman–Crippen LogP) is 4.69. The van der Waals surface area contributed by atoms with E-state index in [0.29, 0.717) is 12.2 Å². The van der Waals surface area contributed by atoms with E-state index in [1.165, 1.54) is 4.90 Å². The third-order valence-electron chi connectivity index (χ3n) is 5.39. The molecule has 1 aliphatic heterocycles. The molecule has 1 fully saturated rings. The molecule has 3 aromatic carbocycles. The Kier molecular flexibility index (Phi) is 5.29. The summed E-state index contributed by atoms with van der Waals surface area (Å²) in [6.07, 6.45) is -0.993. The Morgan fingerprint density at radius 3 is 2.17 bits per heavy atom. The molecule has 0 aromatic heterocycles. The van der Waals surface area contributed by atoms with Crippen LogP contribution in [0, 0.1) is 5.92 Å². The summed E-state index contributed by atoms with van der Waals surface area (Å²) in [5.74, 6) is -0.758. The zero-order valence-corrected chi connectivity index (χ0v) is 15.9. The standard InChI is InChI=1S/C24H22N2O3/c27-23(25-20-13-7-12-19(14-20)17-8-3-1-4-9-17)22-16-26(24(28)29)15-21(22)18-10-5-2-6-11-18/h1-14,21-22H,15-16H2,(H,25,27)(H,28,29)/t21-,22+/m1/s1. The molecule has 1 saturated heterocycles. The van der Waals surface area contributed by atoms with Crippen molar-refractivity contribution in [1.82, 2.24) is 4.90 Å². The van der Waals surface area contributed by atoms with Crippen LogP contribution in [0.1, 0.15) is 11.5 Å². The Bertz CT molecular complexity index is 1000. The van der Waals surface area contributed by atoms with E-state index in [0.717, 1.165) is 16.7 Å². The first-order valence-electron chi connectivity index (χ1n) is 9.61. The zero-order chi connectivity index (χ0) is 20.2. The van der Waals surface area contributed by atoms with Gasteiger partial charge in [-0.25, -0.2) is 4.79 Å². The molecule has 0 bridgehead atoms. The van der Waals surface area contributed by atoms with Gasteiger partial charge in [-0.15, -0.1) is 0 Å². The lowest BCUT2D eigenvalue weighted by Crippen LogP contribution is -2.30. The van der Waals surface area contributed by atoms with Crippen molar-refractivity contribution in [3.05, 3.63) is 90.5 Å². The van der Waals surface area contributed by atoms with Gasteiger partial charge in [0.25, 0.3) is 0 Å². The summed E-state index contributed by atoms with van der Waals surface area (Å²) in [5.41, 5.74) is 3.77. The second kappa shape index (κ2) is 8.19. The average molecular weight is 386 g/mol. The summed E-state index contributed by atoms with van der Waals surface area (Å²) in [7, 11) is 0. The third kappa shape index (κ3) is 4.14. The molecule has 0 unspecified atom stereocenters. The molecule has 4 rings (SSSR count). The number of amides is 2. The summed E-state index contributed by atoms with van der Waals surface area (Å²) in [6.45, 7) is 0.514. The molecule has 2 atom stereocenters. The van der Waals surface area contributed by atoms with E-state index in [2.05, 4.69) is 5.32 Å². The molecule has 2 N–H and O–H groups in total. The van der Waals surface area contributed by atoms with Crippen LogP contribution < -0.4 is 5.32 Å². The first kappa shape index (κ1) is 18.7. The highest BCUT2D eigenvalue weighted by molar-refractivity contribution is 5.94. The molecular weight excluding hydrogens is 364 g/mol. The molecule has 0 radical (unpaired) electrons. The number of nitrogens with one attached hydrogen (secondary N) is 1. The molecule has 1 aliphatic rings. The van der Waals surface area contributed by atoms with Crippen molar-refractivity contribution in [3.8, 4) is 11.1 Å². The van der Waals surface area contributed by atoms with Gasteiger partial charge < -0.3 is 15.3 Å². The monoisotopic (exact) mass is 386 g/mol. The number of hydrogen-bond donors (Lipinski definition) is 2. The highest BCUT2D eigenvalue weighted by Gasteiger charge is 2.40. The smallest absolute Gasteiger partial charge is 0.407 e. The predicted molar refractivity (Wildman–Crippen MR) is 113 cm³/mol. The first-order valence-corrected chi connectivity index (χ1v) is 9.61. The van der Waals surface area contributed by atoms with Crippen LogP contribution in [0.2, 0.25) is 0 Å². The van der Waals surface area contributed by atoms with Crippen LogP contribution >= 0.6 is 0 Å². The zero-order valence-electron chi connectivity index (χ0n) is 15.9. The van der Waals surface area contributed by atoms with Crippen molar-refractivity contribution in [1.29, 1.82) is 0 Å². The number of benzene rings is 3. The average Bonchev–Trinajstić information content (AvgIpc) is 3.21. The summed E-state index contributed by atoms with van der Waals surface area (Å²) in [6, 6.07) is 27.3. The molecule has 2 amide bonds. The van der Waals surface area contributed by atoms with Gasteiger partial charge in [0.2, 0.25) is 5.91 Å². The van der Waals surface area contributed by atoms with Gasteiger partial charge in [0.05, 0.1) is 5.92 Å². The van der Waals surface area contributed by atoms with Gasteiger partial charge in [-0.2, -0.15) is 0 Å². The van der Waals surface area contributed by atoms with Gasteiger partial charge in [-0.3, -0.25) is 4.79 Å². The normalized spacial score (nSPS) is 18.4. The SMILES string of the molecule is O=C(Nc1cccc(-c2ccccc2)c1)[C@H]1CN(C(=O)O)C[C@@H]1c1ccccc1. The van der Waals surface area contributed by atoms with Gasteiger partial charge in [-0.05, 0) is 28.8 Å². The number of hydrogen-bond acceptors (Lipinski definition) is 2. The minimum Gasteiger partial charge on any atom is -0.465 e. The Morgan fingerprint density at radius 2 is 1.48 bits per heavy atom. The van der Waals surface area contributed by atoms with Crippen LogP contribution in [0.15, 0.2) is 84.9 Å². The van der Waals surface area contributed by atoms with E-state index in [-0.39, 0.29) is 18.4 Å². The van der Waals surface area contributed by atoms with E-state index in [9.17, 15) is 14.7 Å². The molecule has 0 saturated carbocycles. The molecule has 146 valence electrons. The maximum atomic E-state index is 13.1. The highest BCUT2D eigenvalue weighted by atomic mass is 16.4. The van der Waals surface area contributed by atoms with Crippen molar-refractivity contribution in [2.24, 2.45) is 5.92 Å². The number of nitrogens with zero attached hydrogens (tertiary/aromatic N) is 1. The lowest BCUT2D eigenvalue weighted by atomic mass is 9.88. The second-order valence-electron chi connectivity index (χ2n) is 7.25.